The third-order valence-corrected chi connectivity index (χ3v) is 3.26. The van der Waals surface area contributed by atoms with Crippen molar-refractivity contribution < 1.29 is 4.42 Å². The van der Waals surface area contributed by atoms with Crippen molar-refractivity contribution in [3.8, 4) is 11.1 Å². The van der Waals surface area contributed by atoms with E-state index in [1.54, 1.807) is 23.9 Å². The van der Waals surface area contributed by atoms with E-state index in [-0.39, 0.29) is 0 Å². The summed E-state index contributed by atoms with van der Waals surface area (Å²) in [6.45, 7) is 4.17. The van der Waals surface area contributed by atoms with E-state index in [4.69, 9.17) is 10.2 Å². The Morgan fingerprint density at radius 1 is 1.38 bits per heavy atom. The Bertz CT molecular complexity index is 414. The van der Waals surface area contributed by atoms with Crippen LogP contribution in [0.4, 0.5) is 5.00 Å². The smallest absolute Gasteiger partial charge is 0.0982 e. The van der Waals surface area contributed by atoms with E-state index >= 15 is 0 Å². The van der Waals surface area contributed by atoms with Crippen molar-refractivity contribution in [3.05, 3.63) is 29.0 Å². The van der Waals surface area contributed by atoms with E-state index < -0.39 is 0 Å². The molecule has 2 aromatic rings. The molecule has 0 aliphatic carbocycles. The minimum Gasteiger partial charge on any atom is -0.472 e. The highest BCUT2D eigenvalue weighted by atomic mass is 32.1. The summed E-state index contributed by atoms with van der Waals surface area (Å²) in [5.41, 5.74) is 9.35. The maximum Gasteiger partial charge on any atom is 0.0982 e. The van der Waals surface area contributed by atoms with Crippen molar-refractivity contribution in [1.29, 1.82) is 0 Å². The summed E-state index contributed by atoms with van der Waals surface area (Å²) in [5, 5.41) is 0.872. The summed E-state index contributed by atoms with van der Waals surface area (Å²) in [6, 6.07) is 1.94. The number of aryl methyl sites for hydroxylation is 1. The Morgan fingerprint density at radius 2 is 2.15 bits per heavy atom. The Morgan fingerprint density at radius 3 is 2.62 bits per heavy atom. The van der Waals surface area contributed by atoms with Gasteiger partial charge in [-0.2, -0.15) is 0 Å². The first-order chi connectivity index (χ1) is 6.20. The fraction of sp³-hybridized carbons (Fsp3) is 0.200. The highest BCUT2D eigenvalue weighted by Crippen LogP contribution is 2.37. The molecule has 0 unspecified atom stereocenters. The van der Waals surface area contributed by atoms with E-state index in [0.29, 0.717) is 0 Å². The summed E-state index contributed by atoms with van der Waals surface area (Å²) in [5.74, 6) is 0. The fourth-order valence-corrected chi connectivity index (χ4v) is 2.38. The Balaban J connectivity index is 2.64. The standard InChI is InChI=1S/C10H11NOS/c1-6-7(2)13-10(11)9(6)8-3-4-12-5-8/h3-5H,11H2,1-2H3. The molecule has 0 saturated carbocycles. The topological polar surface area (TPSA) is 39.2 Å². The van der Waals surface area contributed by atoms with Gasteiger partial charge >= 0.3 is 0 Å². The van der Waals surface area contributed by atoms with Gasteiger partial charge in [0.05, 0.1) is 17.5 Å². The molecule has 2 rings (SSSR count). The van der Waals surface area contributed by atoms with Gasteiger partial charge in [-0.15, -0.1) is 11.3 Å². The maximum atomic E-state index is 5.91. The molecule has 0 atom stereocenters. The van der Waals surface area contributed by atoms with Crippen molar-refractivity contribution in [2.75, 3.05) is 5.73 Å². The van der Waals surface area contributed by atoms with Crippen molar-refractivity contribution in [2.45, 2.75) is 13.8 Å². The molecule has 0 amide bonds. The molecule has 0 aromatic carbocycles. The number of rotatable bonds is 1. The Kier molecular flexibility index (Phi) is 1.88. The predicted molar refractivity (Wildman–Crippen MR) is 55.9 cm³/mol. The Hall–Kier alpha value is -1.22. The van der Waals surface area contributed by atoms with Gasteiger partial charge in [0.15, 0.2) is 0 Å². The van der Waals surface area contributed by atoms with Crippen LogP contribution in [-0.4, -0.2) is 0 Å². The van der Waals surface area contributed by atoms with Crippen LogP contribution >= 0.6 is 11.3 Å². The summed E-state index contributed by atoms with van der Waals surface area (Å²) in [7, 11) is 0. The monoisotopic (exact) mass is 193 g/mol. The van der Waals surface area contributed by atoms with Crippen molar-refractivity contribution in [1.82, 2.24) is 0 Å². The average molecular weight is 193 g/mol. The fourth-order valence-electron chi connectivity index (χ4n) is 1.42. The molecule has 0 saturated heterocycles. The second-order valence-corrected chi connectivity index (χ2v) is 4.29. The molecular formula is C10H11NOS. The van der Waals surface area contributed by atoms with Crippen LogP contribution in [0.15, 0.2) is 23.0 Å². The minimum atomic E-state index is 0.872. The second-order valence-electron chi connectivity index (χ2n) is 3.03. The minimum absolute atomic E-state index is 0.872. The molecule has 0 aliphatic heterocycles. The molecule has 68 valence electrons. The van der Waals surface area contributed by atoms with Crippen LogP contribution in [-0.2, 0) is 0 Å². The summed E-state index contributed by atoms with van der Waals surface area (Å²) >= 11 is 1.63. The number of hydrogen-bond donors (Lipinski definition) is 1. The van der Waals surface area contributed by atoms with Crippen LogP contribution in [0, 0.1) is 13.8 Å². The Labute approximate surface area is 81.0 Å². The third kappa shape index (κ3) is 1.25. The zero-order valence-corrected chi connectivity index (χ0v) is 8.44. The number of nitrogens with two attached hydrogens (primary N) is 1. The van der Waals surface area contributed by atoms with Gasteiger partial charge in [-0.1, -0.05) is 0 Å². The zero-order valence-electron chi connectivity index (χ0n) is 7.63. The van der Waals surface area contributed by atoms with Crippen LogP contribution in [0.2, 0.25) is 0 Å². The molecular weight excluding hydrogens is 182 g/mol. The molecule has 3 heteroatoms. The predicted octanol–water partition coefficient (Wildman–Crippen LogP) is 3.21. The van der Waals surface area contributed by atoms with Crippen LogP contribution in [0.3, 0.4) is 0 Å². The van der Waals surface area contributed by atoms with E-state index in [0.717, 1.165) is 16.1 Å². The average Bonchev–Trinajstić information content (AvgIpc) is 2.63. The summed E-state index contributed by atoms with van der Waals surface area (Å²) < 4.78 is 5.04. The first-order valence-electron chi connectivity index (χ1n) is 4.08. The highest BCUT2D eigenvalue weighted by molar-refractivity contribution is 7.16. The molecule has 13 heavy (non-hydrogen) atoms. The van der Waals surface area contributed by atoms with Gasteiger partial charge in [-0.05, 0) is 25.5 Å². The van der Waals surface area contributed by atoms with Gasteiger partial charge in [0.2, 0.25) is 0 Å². The largest absolute Gasteiger partial charge is 0.472 e. The second kappa shape index (κ2) is 2.92. The lowest BCUT2D eigenvalue weighted by Gasteiger charge is -1.96. The lowest BCUT2D eigenvalue weighted by atomic mass is 10.1. The van der Waals surface area contributed by atoms with Crippen molar-refractivity contribution in [2.24, 2.45) is 0 Å². The molecule has 2 nitrogen and oxygen atoms in total. The normalized spacial score (nSPS) is 10.6. The lowest BCUT2D eigenvalue weighted by molar-refractivity contribution is 0.568. The van der Waals surface area contributed by atoms with Gasteiger partial charge in [0.25, 0.3) is 0 Å². The van der Waals surface area contributed by atoms with Crippen LogP contribution in [0.1, 0.15) is 10.4 Å². The molecule has 0 bridgehead atoms. The molecule has 0 fully saturated rings. The molecule has 2 heterocycles. The zero-order chi connectivity index (χ0) is 9.42. The molecule has 0 spiro atoms. The van der Waals surface area contributed by atoms with Crippen LogP contribution in [0.25, 0.3) is 11.1 Å². The van der Waals surface area contributed by atoms with Gasteiger partial charge in [-0.25, -0.2) is 0 Å². The van der Waals surface area contributed by atoms with E-state index in [1.807, 2.05) is 6.07 Å². The summed E-state index contributed by atoms with van der Waals surface area (Å²) in [6.07, 6.45) is 3.39. The van der Waals surface area contributed by atoms with Crippen LogP contribution < -0.4 is 5.73 Å². The summed E-state index contributed by atoms with van der Waals surface area (Å²) in [4.78, 5) is 1.27. The van der Waals surface area contributed by atoms with E-state index in [2.05, 4.69) is 13.8 Å². The molecule has 0 aliphatic rings. The third-order valence-electron chi connectivity index (χ3n) is 2.22. The van der Waals surface area contributed by atoms with Crippen molar-refractivity contribution >= 4 is 16.3 Å². The highest BCUT2D eigenvalue weighted by Gasteiger charge is 2.12. The first-order valence-corrected chi connectivity index (χ1v) is 4.90. The van der Waals surface area contributed by atoms with E-state index in [9.17, 15) is 0 Å². The van der Waals surface area contributed by atoms with Gasteiger partial charge in [-0.3, -0.25) is 0 Å². The number of hydrogen-bond acceptors (Lipinski definition) is 3. The maximum absolute atomic E-state index is 5.91. The molecule has 0 radical (unpaired) electrons. The van der Waals surface area contributed by atoms with Crippen LogP contribution in [0.5, 0.6) is 0 Å². The van der Waals surface area contributed by atoms with Gasteiger partial charge < -0.3 is 10.2 Å². The molecule has 2 aromatic heterocycles. The number of furan rings is 1. The SMILES string of the molecule is Cc1sc(N)c(-c2ccoc2)c1C. The quantitative estimate of drug-likeness (QED) is 0.755. The van der Waals surface area contributed by atoms with Gasteiger partial charge in [0, 0.05) is 16.0 Å². The first kappa shape index (κ1) is 8.38. The van der Waals surface area contributed by atoms with Gasteiger partial charge in [0.1, 0.15) is 0 Å². The molecule has 2 N–H and O–H groups in total. The number of anilines is 1. The van der Waals surface area contributed by atoms with E-state index in [1.165, 1.54) is 10.4 Å². The van der Waals surface area contributed by atoms with Crippen molar-refractivity contribution in [3.63, 3.8) is 0 Å². The number of nitrogen functional groups attached to an aromatic ring is 1. The lowest BCUT2D eigenvalue weighted by Crippen LogP contribution is -1.83. The number of thiophene rings is 1.